The van der Waals surface area contributed by atoms with Crippen molar-refractivity contribution in [3.05, 3.63) is 52.8 Å². The molecule has 0 fully saturated rings. The van der Waals surface area contributed by atoms with Gasteiger partial charge in [0, 0.05) is 17.0 Å². The molecule has 7 heteroatoms. The molecule has 3 rings (SSSR count). The van der Waals surface area contributed by atoms with Gasteiger partial charge in [-0.05, 0) is 37.6 Å². The summed E-state index contributed by atoms with van der Waals surface area (Å²) >= 11 is 0. The highest BCUT2D eigenvalue weighted by atomic mass is 16.4. The Morgan fingerprint density at radius 1 is 1.28 bits per heavy atom. The molecule has 0 unspecified atom stereocenters. The SMILES string of the molecule is Cc1cc(C)c(C=C2C(=O)N(C(=O)CNC(=O)O)c3ccccc32)[nH]1. The van der Waals surface area contributed by atoms with E-state index in [1.54, 1.807) is 30.3 Å². The van der Waals surface area contributed by atoms with Gasteiger partial charge in [0.2, 0.25) is 0 Å². The number of aromatic nitrogens is 1. The Balaban J connectivity index is 2.02. The molecule has 1 aliphatic rings. The number of hydrogen-bond acceptors (Lipinski definition) is 3. The van der Waals surface area contributed by atoms with Crippen LogP contribution in [0.1, 0.15) is 22.5 Å². The van der Waals surface area contributed by atoms with Gasteiger partial charge in [-0.1, -0.05) is 18.2 Å². The van der Waals surface area contributed by atoms with Crippen molar-refractivity contribution in [2.45, 2.75) is 13.8 Å². The molecule has 0 spiro atoms. The quantitative estimate of drug-likeness (QED) is 0.747. The van der Waals surface area contributed by atoms with E-state index >= 15 is 0 Å². The van der Waals surface area contributed by atoms with E-state index in [0.717, 1.165) is 21.9 Å². The van der Waals surface area contributed by atoms with Crippen molar-refractivity contribution >= 4 is 35.2 Å². The highest BCUT2D eigenvalue weighted by Gasteiger charge is 2.36. The van der Waals surface area contributed by atoms with Crippen LogP contribution in [0.3, 0.4) is 0 Å². The number of carbonyl (C=O) groups excluding carboxylic acids is 2. The molecule has 0 bridgehead atoms. The van der Waals surface area contributed by atoms with Crippen LogP contribution in [0.5, 0.6) is 0 Å². The molecule has 0 aliphatic carbocycles. The number of H-pyrrole nitrogens is 1. The summed E-state index contributed by atoms with van der Waals surface area (Å²) in [5.74, 6) is -1.09. The van der Waals surface area contributed by atoms with Crippen LogP contribution in [0.25, 0.3) is 11.6 Å². The van der Waals surface area contributed by atoms with Crippen molar-refractivity contribution in [2.75, 3.05) is 11.4 Å². The minimum Gasteiger partial charge on any atom is -0.465 e. The van der Waals surface area contributed by atoms with Crippen molar-refractivity contribution in [3.8, 4) is 0 Å². The summed E-state index contributed by atoms with van der Waals surface area (Å²) in [5.41, 5.74) is 4.26. The van der Waals surface area contributed by atoms with Crippen LogP contribution in [-0.4, -0.2) is 34.5 Å². The van der Waals surface area contributed by atoms with Gasteiger partial charge < -0.3 is 15.4 Å². The van der Waals surface area contributed by atoms with E-state index in [-0.39, 0.29) is 0 Å². The van der Waals surface area contributed by atoms with Crippen molar-refractivity contribution in [1.82, 2.24) is 10.3 Å². The number of carbonyl (C=O) groups is 3. The lowest BCUT2D eigenvalue weighted by Crippen LogP contribution is -2.41. The van der Waals surface area contributed by atoms with Crippen LogP contribution in [0.2, 0.25) is 0 Å². The second kappa shape index (κ2) is 6.27. The zero-order valence-corrected chi connectivity index (χ0v) is 13.8. The number of amides is 3. The first-order valence-corrected chi connectivity index (χ1v) is 7.70. The number of rotatable bonds is 3. The highest BCUT2D eigenvalue weighted by Crippen LogP contribution is 2.37. The number of nitrogens with one attached hydrogen (secondary N) is 2. The molecular formula is C18H17N3O4. The fourth-order valence-electron chi connectivity index (χ4n) is 2.90. The Morgan fingerprint density at radius 2 is 2.00 bits per heavy atom. The summed E-state index contributed by atoms with van der Waals surface area (Å²) in [7, 11) is 0. The number of aromatic amines is 1. The Bertz CT molecular complexity index is 911. The van der Waals surface area contributed by atoms with Crippen LogP contribution < -0.4 is 10.2 Å². The molecule has 2 aromatic rings. The average Bonchev–Trinajstić information content (AvgIpc) is 3.02. The van der Waals surface area contributed by atoms with Gasteiger partial charge in [0.15, 0.2) is 0 Å². The molecule has 3 N–H and O–H groups in total. The largest absolute Gasteiger partial charge is 0.465 e. The van der Waals surface area contributed by atoms with E-state index in [4.69, 9.17) is 5.11 Å². The summed E-state index contributed by atoms with van der Waals surface area (Å²) in [6.07, 6.45) is 0.406. The lowest BCUT2D eigenvalue weighted by molar-refractivity contribution is -0.123. The van der Waals surface area contributed by atoms with E-state index in [9.17, 15) is 14.4 Å². The Kier molecular flexibility index (Phi) is 4.14. The summed E-state index contributed by atoms with van der Waals surface area (Å²) in [6, 6.07) is 8.92. The van der Waals surface area contributed by atoms with Crippen LogP contribution in [0.4, 0.5) is 10.5 Å². The summed E-state index contributed by atoms with van der Waals surface area (Å²) in [4.78, 5) is 40.0. The van der Waals surface area contributed by atoms with Gasteiger partial charge >= 0.3 is 6.09 Å². The lowest BCUT2D eigenvalue weighted by atomic mass is 10.1. The van der Waals surface area contributed by atoms with E-state index in [0.29, 0.717) is 16.8 Å². The third kappa shape index (κ3) is 3.03. The standard InChI is InChI=1S/C18H17N3O4/c1-10-7-11(2)20-14(10)8-13-12-5-3-4-6-15(12)21(17(13)23)16(22)9-19-18(24)25/h3-8,19-20H,9H2,1-2H3,(H,24,25). The topological polar surface area (TPSA) is 102 Å². The second-order valence-corrected chi connectivity index (χ2v) is 5.82. The Labute approximate surface area is 144 Å². The Hall–Kier alpha value is -3.35. The monoisotopic (exact) mass is 339 g/mol. The first-order valence-electron chi connectivity index (χ1n) is 7.70. The zero-order valence-electron chi connectivity index (χ0n) is 13.8. The maximum absolute atomic E-state index is 12.8. The normalized spacial score (nSPS) is 14.7. The third-order valence-corrected chi connectivity index (χ3v) is 3.99. The molecule has 0 saturated heterocycles. The molecule has 0 atom stereocenters. The highest BCUT2D eigenvalue weighted by molar-refractivity contribution is 6.42. The predicted molar refractivity (Wildman–Crippen MR) is 93.1 cm³/mol. The smallest absolute Gasteiger partial charge is 0.405 e. The fraction of sp³-hybridized carbons (Fsp3) is 0.167. The average molecular weight is 339 g/mol. The number of para-hydroxylation sites is 1. The number of carboxylic acid groups (broad SMARTS) is 1. The van der Waals surface area contributed by atoms with E-state index in [2.05, 4.69) is 4.98 Å². The molecule has 3 amide bonds. The molecule has 2 heterocycles. The van der Waals surface area contributed by atoms with Crippen molar-refractivity contribution < 1.29 is 19.5 Å². The molecule has 0 saturated carbocycles. The molecule has 1 aromatic carbocycles. The predicted octanol–water partition coefficient (Wildman–Crippen LogP) is 2.31. The van der Waals surface area contributed by atoms with Gasteiger partial charge in [-0.15, -0.1) is 0 Å². The third-order valence-electron chi connectivity index (χ3n) is 3.99. The van der Waals surface area contributed by atoms with Gasteiger partial charge in [-0.2, -0.15) is 0 Å². The van der Waals surface area contributed by atoms with Gasteiger partial charge in [-0.25, -0.2) is 9.69 Å². The molecule has 0 radical (unpaired) electrons. The second-order valence-electron chi connectivity index (χ2n) is 5.82. The molecule has 7 nitrogen and oxygen atoms in total. The van der Waals surface area contributed by atoms with Gasteiger partial charge in [0.05, 0.1) is 11.3 Å². The number of fused-ring (bicyclic) bond motifs is 1. The molecule has 1 aromatic heterocycles. The first-order chi connectivity index (χ1) is 11.9. The van der Waals surface area contributed by atoms with E-state index in [1.165, 1.54) is 0 Å². The van der Waals surface area contributed by atoms with Crippen LogP contribution >= 0.6 is 0 Å². The van der Waals surface area contributed by atoms with Crippen LogP contribution in [-0.2, 0) is 9.59 Å². The van der Waals surface area contributed by atoms with Crippen molar-refractivity contribution in [3.63, 3.8) is 0 Å². The number of benzene rings is 1. The number of nitrogens with zero attached hydrogens (tertiary/aromatic N) is 1. The molecular weight excluding hydrogens is 322 g/mol. The van der Waals surface area contributed by atoms with Gasteiger partial charge in [0.25, 0.3) is 11.8 Å². The zero-order chi connectivity index (χ0) is 18.1. The lowest BCUT2D eigenvalue weighted by Gasteiger charge is -2.14. The maximum atomic E-state index is 12.8. The van der Waals surface area contributed by atoms with Crippen molar-refractivity contribution in [2.24, 2.45) is 0 Å². The van der Waals surface area contributed by atoms with Crippen molar-refractivity contribution in [1.29, 1.82) is 0 Å². The Morgan fingerprint density at radius 3 is 2.64 bits per heavy atom. The molecule has 128 valence electrons. The minimum absolute atomic E-state index is 0.393. The number of anilines is 1. The van der Waals surface area contributed by atoms with Gasteiger partial charge in [0.1, 0.15) is 6.54 Å². The summed E-state index contributed by atoms with van der Waals surface area (Å²) in [6.45, 7) is 3.39. The fourth-order valence-corrected chi connectivity index (χ4v) is 2.90. The molecule has 1 aliphatic heterocycles. The number of aryl methyl sites for hydroxylation is 2. The van der Waals surface area contributed by atoms with Gasteiger partial charge in [-0.3, -0.25) is 9.59 Å². The van der Waals surface area contributed by atoms with Crippen LogP contribution in [0, 0.1) is 13.8 Å². The number of imide groups is 1. The first kappa shape index (κ1) is 16.5. The molecule has 25 heavy (non-hydrogen) atoms. The van der Waals surface area contributed by atoms with E-state index in [1.807, 2.05) is 25.2 Å². The minimum atomic E-state index is -1.32. The van der Waals surface area contributed by atoms with E-state index < -0.39 is 24.5 Å². The summed E-state index contributed by atoms with van der Waals surface area (Å²) in [5, 5.41) is 10.7. The number of hydrogen-bond donors (Lipinski definition) is 3. The maximum Gasteiger partial charge on any atom is 0.405 e. The summed E-state index contributed by atoms with van der Waals surface area (Å²) < 4.78 is 0. The van der Waals surface area contributed by atoms with Crippen LogP contribution in [0.15, 0.2) is 30.3 Å².